The standard InChI is InChI=1S/C31H38N2O4/c1-4-20(2)19-31(3,30(35)36)32-29(34)22-14-15-23-25(18-22)33-16-17-37-26-13-9-8-12-24(26)28(33)27(23)21-10-6-5-7-11-21/h8-9,12-15,18,20-21H,4-7,10-11,16-17,19H2,1-3H3,(H,32,34)(H,35,36). The monoisotopic (exact) mass is 502 g/mol. The number of hydrogen-bond donors (Lipinski definition) is 2. The minimum absolute atomic E-state index is 0.184. The smallest absolute Gasteiger partial charge is 0.329 e. The fourth-order valence-electron chi connectivity index (χ4n) is 6.24. The van der Waals surface area contributed by atoms with Crippen LogP contribution in [0.2, 0.25) is 0 Å². The summed E-state index contributed by atoms with van der Waals surface area (Å²) in [6.45, 7) is 6.91. The fourth-order valence-corrected chi connectivity index (χ4v) is 6.24. The number of rotatable bonds is 7. The summed E-state index contributed by atoms with van der Waals surface area (Å²) in [6.07, 6.45) is 7.34. The average Bonchev–Trinajstić information content (AvgIpc) is 3.10. The number of amides is 1. The van der Waals surface area contributed by atoms with Crippen LogP contribution in [0.15, 0.2) is 42.5 Å². The quantitative estimate of drug-likeness (QED) is 0.374. The predicted molar refractivity (Wildman–Crippen MR) is 146 cm³/mol. The van der Waals surface area contributed by atoms with Gasteiger partial charge in [0.25, 0.3) is 5.91 Å². The van der Waals surface area contributed by atoms with Gasteiger partial charge in [0.1, 0.15) is 17.9 Å². The molecule has 0 spiro atoms. The van der Waals surface area contributed by atoms with E-state index in [0.29, 0.717) is 31.1 Å². The molecular weight excluding hydrogens is 464 g/mol. The minimum Gasteiger partial charge on any atom is -0.491 e. The maximum absolute atomic E-state index is 13.4. The third kappa shape index (κ3) is 4.74. The maximum Gasteiger partial charge on any atom is 0.329 e. The molecule has 3 aromatic rings. The maximum atomic E-state index is 13.4. The van der Waals surface area contributed by atoms with E-state index in [1.54, 1.807) is 6.92 Å². The Bertz CT molecular complexity index is 1320. The van der Waals surface area contributed by atoms with Gasteiger partial charge in [0.05, 0.1) is 12.2 Å². The molecule has 1 amide bonds. The highest BCUT2D eigenvalue weighted by molar-refractivity contribution is 6.02. The summed E-state index contributed by atoms with van der Waals surface area (Å²) >= 11 is 0. The van der Waals surface area contributed by atoms with Crippen molar-refractivity contribution in [3.05, 3.63) is 53.6 Å². The Hall–Kier alpha value is -3.28. The second-order valence-electron chi connectivity index (χ2n) is 11.1. The molecule has 1 aliphatic carbocycles. The van der Waals surface area contributed by atoms with Crippen molar-refractivity contribution in [2.45, 2.75) is 83.7 Å². The molecule has 0 bridgehead atoms. The van der Waals surface area contributed by atoms with Crippen LogP contribution in [0.1, 0.15) is 87.6 Å². The van der Waals surface area contributed by atoms with E-state index in [4.69, 9.17) is 4.74 Å². The number of ether oxygens (including phenoxy) is 1. The van der Waals surface area contributed by atoms with Gasteiger partial charge in [-0.15, -0.1) is 0 Å². The Morgan fingerprint density at radius 2 is 1.92 bits per heavy atom. The zero-order valence-electron chi connectivity index (χ0n) is 22.2. The Kier molecular flexibility index (Phi) is 7.02. The Morgan fingerprint density at radius 3 is 2.65 bits per heavy atom. The molecule has 1 aliphatic heterocycles. The van der Waals surface area contributed by atoms with E-state index < -0.39 is 11.5 Å². The van der Waals surface area contributed by atoms with Gasteiger partial charge in [-0.05, 0) is 67.9 Å². The van der Waals surface area contributed by atoms with Crippen molar-refractivity contribution < 1.29 is 19.4 Å². The summed E-state index contributed by atoms with van der Waals surface area (Å²) in [5.74, 6) is 0.205. The number of para-hydroxylation sites is 1. The van der Waals surface area contributed by atoms with Crippen LogP contribution in [-0.4, -0.2) is 33.7 Å². The number of hydrogen-bond acceptors (Lipinski definition) is 3. The summed E-state index contributed by atoms with van der Waals surface area (Å²) in [5, 5.41) is 14.0. The van der Waals surface area contributed by atoms with Crippen molar-refractivity contribution in [3.8, 4) is 17.0 Å². The topological polar surface area (TPSA) is 80.6 Å². The lowest BCUT2D eigenvalue weighted by Gasteiger charge is -2.29. The van der Waals surface area contributed by atoms with Gasteiger partial charge in [0.15, 0.2) is 0 Å². The molecule has 2 heterocycles. The van der Waals surface area contributed by atoms with E-state index in [-0.39, 0.29) is 11.8 Å². The van der Waals surface area contributed by atoms with Crippen molar-refractivity contribution in [3.63, 3.8) is 0 Å². The number of aromatic nitrogens is 1. The summed E-state index contributed by atoms with van der Waals surface area (Å²) in [4.78, 5) is 25.6. The molecule has 37 heavy (non-hydrogen) atoms. The van der Waals surface area contributed by atoms with E-state index in [9.17, 15) is 14.7 Å². The number of carbonyl (C=O) groups excluding carboxylic acids is 1. The Balaban J connectivity index is 1.61. The normalized spacial score (nSPS) is 18.1. The Labute approximate surface area is 219 Å². The van der Waals surface area contributed by atoms with E-state index in [0.717, 1.165) is 23.3 Å². The van der Waals surface area contributed by atoms with Gasteiger partial charge in [-0.3, -0.25) is 4.79 Å². The van der Waals surface area contributed by atoms with E-state index in [1.165, 1.54) is 48.7 Å². The van der Waals surface area contributed by atoms with Crippen molar-refractivity contribution in [2.24, 2.45) is 5.92 Å². The van der Waals surface area contributed by atoms with Gasteiger partial charge in [0.2, 0.25) is 0 Å². The van der Waals surface area contributed by atoms with Crippen molar-refractivity contribution in [2.75, 3.05) is 6.61 Å². The van der Waals surface area contributed by atoms with Crippen molar-refractivity contribution >= 4 is 22.8 Å². The molecule has 2 N–H and O–H groups in total. The van der Waals surface area contributed by atoms with Crippen LogP contribution in [0.5, 0.6) is 5.75 Å². The highest BCUT2D eigenvalue weighted by atomic mass is 16.5. The first kappa shape index (κ1) is 25.4. The van der Waals surface area contributed by atoms with Gasteiger partial charge in [-0.2, -0.15) is 0 Å². The molecule has 1 aromatic heterocycles. The number of fused-ring (bicyclic) bond motifs is 5. The van der Waals surface area contributed by atoms with Crippen LogP contribution in [0.4, 0.5) is 0 Å². The number of nitrogens with one attached hydrogen (secondary N) is 1. The molecule has 2 aromatic carbocycles. The summed E-state index contributed by atoms with van der Waals surface area (Å²) in [5.41, 5.74) is 3.86. The Morgan fingerprint density at radius 1 is 1.16 bits per heavy atom. The molecule has 0 radical (unpaired) electrons. The molecule has 6 nitrogen and oxygen atoms in total. The molecule has 6 heteroatoms. The predicted octanol–water partition coefficient (Wildman–Crippen LogP) is 6.76. The third-order valence-electron chi connectivity index (χ3n) is 8.41. The van der Waals surface area contributed by atoms with Crippen molar-refractivity contribution in [1.29, 1.82) is 0 Å². The molecule has 2 atom stereocenters. The van der Waals surface area contributed by atoms with Gasteiger partial charge in [-0.25, -0.2) is 4.79 Å². The summed E-state index contributed by atoms with van der Waals surface area (Å²) in [6, 6.07) is 14.1. The zero-order valence-corrected chi connectivity index (χ0v) is 22.2. The molecule has 196 valence electrons. The lowest BCUT2D eigenvalue weighted by atomic mass is 9.81. The van der Waals surface area contributed by atoms with Crippen molar-refractivity contribution in [1.82, 2.24) is 9.88 Å². The highest BCUT2D eigenvalue weighted by Crippen LogP contribution is 2.47. The fraction of sp³-hybridized carbons (Fsp3) is 0.484. The van der Waals surface area contributed by atoms with Crippen LogP contribution >= 0.6 is 0 Å². The van der Waals surface area contributed by atoms with E-state index in [1.807, 2.05) is 38.1 Å². The van der Waals surface area contributed by atoms with E-state index >= 15 is 0 Å². The van der Waals surface area contributed by atoms with Crippen LogP contribution in [0, 0.1) is 5.92 Å². The minimum atomic E-state index is -1.32. The van der Waals surface area contributed by atoms with Gasteiger partial charge in [0, 0.05) is 22.0 Å². The summed E-state index contributed by atoms with van der Waals surface area (Å²) < 4.78 is 8.45. The molecule has 1 saturated carbocycles. The SMILES string of the molecule is CCC(C)CC(C)(NC(=O)c1ccc2c(C3CCCCC3)c3n(c2c1)CCOc1ccccc1-3)C(=O)O. The van der Waals surface area contributed by atoms with Crippen LogP contribution in [0.3, 0.4) is 0 Å². The number of carbonyl (C=O) groups is 2. The molecule has 2 aliphatic rings. The highest BCUT2D eigenvalue weighted by Gasteiger charge is 2.36. The van der Waals surface area contributed by atoms with Crippen LogP contribution < -0.4 is 10.1 Å². The van der Waals surface area contributed by atoms with Gasteiger partial charge in [-0.1, -0.05) is 57.7 Å². The lowest BCUT2D eigenvalue weighted by molar-refractivity contribution is -0.144. The zero-order chi connectivity index (χ0) is 26.2. The number of nitrogens with zero attached hydrogens (tertiary/aromatic N) is 1. The molecule has 1 fully saturated rings. The number of aliphatic carboxylic acids is 1. The van der Waals surface area contributed by atoms with Gasteiger partial charge < -0.3 is 19.7 Å². The van der Waals surface area contributed by atoms with Crippen LogP contribution in [-0.2, 0) is 11.3 Å². The average molecular weight is 503 g/mol. The van der Waals surface area contributed by atoms with Crippen LogP contribution in [0.25, 0.3) is 22.2 Å². The lowest BCUT2D eigenvalue weighted by Crippen LogP contribution is -2.53. The molecular formula is C31H38N2O4. The molecule has 0 saturated heterocycles. The first-order chi connectivity index (χ1) is 17.8. The second-order valence-corrected chi connectivity index (χ2v) is 11.1. The summed E-state index contributed by atoms with van der Waals surface area (Å²) in [7, 11) is 0. The molecule has 5 rings (SSSR count). The number of carboxylic acids is 1. The number of carboxylic acid groups (broad SMARTS) is 1. The largest absolute Gasteiger partial charge is 0.491 e. The second kappa shape index (κ2) is 10.2. The first-order valence-corrected chi connectivity index (χ1v) is 13.8. The number of benzene rings is 2. The third-order valence-corrected chi connectivity index (χ3v) is 8.41. The first-order valence-electron chi connectivity index (χ1n) is 13.8. The molecule has 2 unspecified atom stereocenters. The van der Waals surface area contributed by atoms with E-state index in [2.05, 4.69) is 28.1 Å². The van der Waals surface area contributed by atoms with Gasteiger partial charge >= 0.3 is 5.97 Å².